The molecule has 9 heavy (non-hydrogen) atoms. The van der Waals surface area contributed by atoms with E-state index < -0.39 is 7.94 Å². The van der Waals surface area contributed by atoms with E-state index in [-0.39, 0.29) is 6.10 Å². The van der Waals surface area contributed by atoms with Gasteiger partial charge >= 0.3 is 7.94 Å². The number of hydrogen-bond acceptors (Lipinski definition) is 3. The van der Waals surface area contributed by atoms with Gasteiger partial charge in [-0.05, 0) is 0 Å². The molecule has 1 aliphatic heterocycles. The van der Waals surface area contributed by atoms with Gasteiger partial charge in [0, 0.05) is 0 Å². The molecule has 0 saturated carbocycles. The van der Waals surface area contributed by atoms with Gasteiger partial charge in [0.2, 0.25) is 0 Å². The molecular weight excluding hydrogens is 139 g/mol. The first-order valence-corrected chi connectivity index (χ1v) is 4.55. The van der Waals surface area contributed by atoms with Gasteiger partial charge in [-0.15, -0.1) is 6.42 Å². The summed E-state index contributed by atoms with van der Waals surface area (Å²) in [5, 5.41) is 0. The van der Waals surface area contributed by atoms with Gasteiger partial charge in [-0.3, -0.25) is 0 Å². The molecule has 2 atom stereocenters. The fraction of sp³-hybridized carbons (Fsp3) is 0.600. The largest absolute Gasteiger partial charge is 0.407 e. The molecule has 1 N–H and O–H groups in total. The normalized spacial score (nSPS) is 42.6. The lowest BCUT2D eigenvalue weighted by Gasteiger charge is -1.99. The predicted molar refractivity (Wildman–Crippen MR) is 34.7 cm³/mol. The summed E-state index contributed by atoms with van der Waals surface area (Å²) < 4.78 is 9.75. The van der Waals surface area contributed by atoms with Crippen molar-refractivity contribution >= 4 is 7.94 Å². The Morgan fingerprint density at radius 1 is 1.89 bits per heavy atom. The molecule has 1 fully saturated rings. The first kappa shape index (κ1) is 6.98. The van der Waals surface area contributed by atoms with Crippen molar-refractivity contribution in [2.24, 2.45) is 0 Å². The van der Waals surface area contributed by atoms with Crippen LogP contribution in [0.1, 0.15) is 0 Å². The topological polar surface area (TPSA) is 38.7 Å². The molecule has 1 saturated heterocycles. The summed E-state index contributed by atoms with van der Waals surface area (Å²) in [4.78, 5) is 9.07. The van der Waals surface area contributed by atoms with Crippen LogP contribution in [0, 0.1) is 12.3 Å². The van der Waals surface area contributed by atoms with Crippen molar-refractivity contribution in [1.82, 2.24) is 0 Å². The van der Waals surface area contributed by atoms with E-state index in [1.165, 1.54) is 6.66 Å². The molecule has 0 bridgehead atoms. The van der Waals surface area contributed by atoms with Gasteiger partial charge in [0.25, 0.3) is 0 Å². The first-order chi connectivity index (χ1) is 4.14. The maximum atomic E-state index is 9.07. The Kier molecular flexibility index (Phi) is 1.74. The lowest BCUT2D eigenvalue weighted by atomic mass is 10.4. The van der Waals surface area contributed by atoms with Crippen LogP contribution in [0.5, 0.6) is 0 Å². The minimum Gasteiger partial charge on any atom is -0.193 e. The number of hydrogen-bond donors (Lipinski definition) is 1. The van der Waals surface area contributed by atoms with E-state index in [4.69, 9.17) is 20.4 Å². The summed E-state index contributed by atoms with van der Waals surface area (Å²) in [5.41, 5.74) is 0. The molecule has 3 nitrogen and oxygen atoms in total. The van der Waals surface area contributed by atoms with Gasteiger partial charge in [-0.1, -0.05) is 5.92 Å². The highest BCUT2D eigenvalue weighted by Crippen LogP contribution is 2.57. The molecule has 1 aliphatic rings. The summed E-state index contributed by atoms with van der Waals surface area (Å²) in [6.07, 6.45) is 4.65. The first-order valence-electron chi connectivity index (χ1n) is 2.52. The molecule has 1 rings (SSSR count). The second kappa shape index (κ2) is 2.24. The Balaban J connectivity index is 2.50. The molecule has 1 heterocycles. The summed E-state index contributed by atoms with van der Waals surface area (Å²) >= 11 is 0. The molecule has 0 amide bonds. The third kappa shape index (κ3) is 1.64. The molecule has 50 valence electrons. The van der Waals surface area contributed by atoms with Crippen molar-refractivity contribution in [2.75, 3.05) is 13.3 Å². The van der Waals surface area contributed by atoms with Crippen molar-refractivity contribution in [3.8, 4) is 12.3 Å². The Bertz CT molecular complexity index is 149. The van der Waals surface area contributed by atoms with Gasteiger partial charge < -0.3 is 0 Å². The van der Waals surface area contributed by atoms with E-state index in [1.54, 1.807) is 0 Å². The average Bonchev–Trinajstić information content (AvgIpc) is 2.10. The summed E-state index contributed by atoms with van der Waals surface area (Å²) in [6, 6.07) is 0. The third-order valence-electron chi connectivity index (χ3n) is 0.974. The van der Waals surface area contributed by atoms with Crippen LogP contribution in [-0.2, 0) is 9.05 Å². The zero-order valence-corrected chi connectivity index (χ0v) is 5.97. The van der Waals surface area contributed by atoms with Crippen LogP contribution in [0.3, 0.4) is 0 Å². The lowest BCUT2D eigenvalue weighted by molar-refractivity contribution is 0.287. The second-order valence-corrected chi connectivity index (χ2v) is 3.93. The Hall–Kier alpha value is -0.130. The minimum atomic E-state index is -2.51. The van der Waals surface area contributed by atoms with E-state index in [0.717, 1.165) is 0 Å². The standard InChI is InChI=1S/C5H8O3P/c1-3-5-4-7-9(2,6)8-5/h1,5-6H,4H2,2H3/q+1. The van der Waals surface area contributed by atoms with E-state index in [0.29, 0.717) is 6.61 Å². The van der Waals surface area contributed by atoms with Crippen molar-refractivity contribution in [1.29, 1.82) is 0 Å². The monoisotopic (exact) mass is 147 g/mol. The molecule has 0 aliphatic carbocycles. The van der Waals surface area contributed by atoms with Gasteiger partial charge in [0.15, 0.2) is 6.10 Å². The van der Waals surface area contributed by atoms with E-state index in [9.17, 15) is 0 Å². The molecule has 0 spiro atoms. The van der Waals surface area contributed by atoms with Crippen molar-refractivity contribution in [3.05, 3.63) is 0 Å². The summed E-state index contributed by atoms with van der Waals surface area (Å²) in [5.74, 6) is 2.34. The summed E-state index contributed by atoms with van der Waals surface area (Å²) in [6.45, 7) is 1.83. The van der Waals surface area contributed by atoms with Gasteiger partial charge in [-0.2, -0.15) is 13.9 Å². The fourth-order valence-electron chi connectivity index (χ4n) is 0.581. The van der Waals surface area contributed by atoms with Crippen LogP contribution in [-0.4, -0.2) is 24.3 Å². The van der Waals surface area contributed by atoms with Crippen LogP contribution >= 0.6 is 7.94 Å². The van der Waals surface area contributed by atoms with Gasteiger partial charge in [0.05, 0.1) is 0 Å². The number of rotatable bonds is 0. The Morgan fingerprint density at radius 2 is 2.56 bits per heavy atom. The van der Waals surface area contributed by atoms with Crippen LogP contribution in [0.2, 0.25) is 0 Å². The zero-order valence-electron chi connectivity index (χ0n) is 5.07. The zero-order chi connectivity index (χ0) is 6.91. The Morgan fingerprint density at radius 3 is 2.78 bits per heavy atom. The highest BCUT2D eigenvalue weighted by Gasteiger charge is 2.44. The van der Waals surface area contributed by atoms with Crippen molar-refractivity contribution in [3.63, 3.8) is 0 Å². The lowest BCUT2D eigenvalue weighted by Crippen LogP contribution is -2.03. The van der Waals surface area contributed by atoms with Crippen LogP contribution < -0.4 is 0 Å². The molecule has 0 aromatic carbocycles. The van der Waals surface area contributed by atoms with E-state index in [1.807, 2.05) is 0 Å². The SMILES string of the molecule is C#CC1CO[P+](C)(O)O1. The molecule has 0 aromatic rings. The van der Waals surface area contributed by atoms with Gasteiger partial charge in [-0.25, -0.2) is 0 Å². The molecule has 0 radical (unpaired) electrons. The predicted octanol–water partition coefficient (Wildman–Crippen LogP) is 0.420. The molecular formula is C5H8O3P+. The highest BCUT2D eigenvalue weighted by atomic mass is 31.2. The maximum Gasteiger partial charge on any atom is 0.407 e. The molecule has 4 heteroatoms. The van der Waals surface area contributed by atoms with Crippen molar-refractivity contribution in [2.45, 2.75) is 6.10 Å². The van der Waals surface area contributed by atoms with E-state index >= 15 is 0 Å². The van der Waals surface area contributed by atoms with Crippen LogP contribution in [0.25, 0.3) is 0 Å². The molecule has 0 aromatic heterocycles. The van der Waals surface area contributed by atoms with E-state index in [2.05, 4.69) is 5.92 Å². The number of terminal acetylenes is 1. The third-order valence-corrected chi connectivity index (χ3v) is 2.25. The minimum absolute atomic E-state index is 0.317. The maximum absolute atomic E-state index is 9.07. The van der Waals surface area contributed by atoms with Gasteiger partial charge in [0.1, 0.15) is 13.3 Å². The molecule has 2 unspecified atom stereocenters. The fourth-order valence-corrected chi connectivity index (χ4v) is 1.65. The highest BCUT2D eigenvalue weighted by molar-refractivity contribution is 7.60. The van der Waals surface area contributed by atoms with Crippen LogP contribution in [0.15, 0.2) is 0 Å². The van der Waals surface area contributed by atoms with Crippen LogP contribution in [0.4, 0.5) is 0 Å². The van der Waals surface area contributed by atoms with Crippen molar-refractivity contribution < 1.29 is 13.9 Å². The quantitative estimate of drug-likeness (QED) is 0.398. The summed E-state index contributed by atoms with van der Waals surface area (Å²) in [7, 11) is -2.51. The second-order valence-electron chi connectivity index (χ2n) is 1.86. The average molecular weight is 147 g/mol. The smallest absolute Gasteiger partial charge is 0.193 e. The Labute approximate surface area is 54.6 Å².